The van der Waals surface area contributed by atoms with Gasteiger partial charge in [-0.2, -0.15) is 0 Å². The highest BCUT2D eigenvalue weighted by atomic mass is 15.0. The lowest BCUT2D eigenvalue weighted by atomic mass is 9.76. The maximum absolute atomic E-state index is 4.45. The van der Waals surface area contributed by atoms with Gasteiger partial charge in [-0.25, -0.2) is 4.98 Å². The van der Waals surface area contributed by atoms with Gasteiger partial charge in [-0.1, -0.05) is 13.8 Å². The van der Waals surface area contributed by atoms with E-state index in [2.05, 4.69) is 35.8 Å². The lowest BCUT2D eigenvalue weighted by molar-refractivity contribution is 0.202. The monoisotopic (exact) mass is 263 g/mol. The van der Waals surface area contributed by atoms with Crippen LogP contribution in [0.4, 0.5) is 0 Å². The van der Waals surface area contributed by atoms with E-state index >= 15 is 0 Å². The Bertz CT molecular complexity index is 370. The van der Waals surface area contributed by atoms with Crippen LogP contribution in [-0.4, -0.2) is 22.1 Å². The van der Waals surface area contributed by atoms with Crippen molar-refractivity contribution >= 4 is 0 Å². The summed E-state index contributed by atoms with van der Waals surface area (Å²) in [6.45, 7) is 5.82. The van der Waals surface area contributed by atoms with Crippen LogP contribution in [0.25, 0.3) is 0 Å². The van der Waals surface area contributed by atoms with Crippen molar-refractivity contribution in [2.45, 2.75) is 58.4 Å². The average Bonchev–Trinajstić information content (AvgIpc) is 2.81. The molecule has 2 rings (SSSR count). The molecule has 1 aromatic heterocycles. The molecule has 19 heavy (non-hydrogen) atoms. The number of imidazole rings is 1. The van der Waals surface area contributed by atoms with E-state index in [-0.39, 0.29) is 0 Å². The SMILES string of the molecule is CCCNC1CCC(C)CC1CCc1nccn1C. The molecule has 1 aromatic rings. The van der Waals surface area contributed by atoms with Gasteiger partial charge in [-0.05, 0) is 50.5 Å². The lowest BCUT2D eigenvalue weighted by Gasteiger charge is -2.35. The Morgan fingerprint density at radius 1 is 1.42 bits per heavy atom. The minimum Gasteiger partial charge on any atom is -0.338 e. The second-order valence-corrected chi connectivity index (χ2v) is 6.23. The smallest absolute Gasteiger partial charge is 0.108 e. The minimum atomic E-state index is 0.733. The maximum Gasteiger partial charge on any atom is 0.108 e. The highest BCUT2D eigenvalue weighted by Crippen LogP contribution is 2.32. The molecule has 108 valence electrons. The first-order valence-electron chi connectivity index (χ1n) is 7.90. The van der Waals surface area contributed by atoms with Crippen molar-refractivity contribution in [2.75, 3.05) is 6.54 Å². The average molecular weight is 263 g/mol. The molecular weight excluding hydrogens is 234 g/mol. The molecular formula is C16H29N3. The van der Waals surface area contributed by atoms with Gasteiger partial charge in [0, 0.05) is 31.9 Å². The van der Waals surface area contributed by atoms with Crippen LogP contribution in [0, 0.1) is 11.8 Å². The summed E-state index contributed by atoms with van der Waals surface area (Å²) >= 11 is 0. The fourth-order valence-electron chi connectivity index (χ4n) is 3.37. The molecule has 3 atom stereocenters. The van der Waals surface area contributed by atoms with E-state index < -0.39 is 0 Å². The number of aryl methyl sites for hydroxylation is 2. The Kier molecular flexibility index (Phi) is 5.44. The molecule has 0 aromatic carbocycles. The van der Waals surface area contributed by atoms with Crippen LogP contribution < -0.4 is 5.32 Å². The van der Waals surface area contributed by atoms with Crippen molar-refractivity contribution in [3.8, 4) is 0 Å². The van der Waals surface area contributed by atoms with E-state index in [9.17, 15) is 0 Å². The molecule has 0 saturated heterocycles. The van der Waals surface area contributed by atoms with E-state index in [1.165, 1.54) is 37.9 Å². The molecule has 0 spiro atoms. The largest absolute Gasteiger partial charge is 0.338 e. The summed E-state index contributed by atoms with van der Waals surface area (Å²) in [5.74, 6) is 2.95. The zero-order valence-electron chi connectivity index (χ0n) is 12.7. The maximum atomic E-state index is 4.45. The van der Waals surface area contributed by atoms with Gasteiger partial charge in [-0.3, -0.25) is 0 Å². The molecule has 1 fully saturated rings. The van der Waals surface area contributed by atoms with Crippen LogP contribution in [0.5, 0.6) is 0 Å². The van der Waals surface area contributed by atoms with Crippen LogP contribution in [0.1, 0.15) is 51.8 Å². The summed E-state index contributed by atoms with van der Waals surface area (Å²) in [5.41, 5.74) is 0. The molecule has 3 unspecified atom stereocenters. The molecule has 0 aliphatic heterocycles. The highest BCUT2D eigenvalue weighted by molar-refractivity contribution is 4.93. The molecule has 1 aliphatic carbocycles. The topological polar surface area (TPSA) is 29.9 Å². The molecule has 3 heteroatoms. The van der Waals surface area contributed by atoms with Crippen LogP contribution in [0.15, 0.2) is 12.4 Å². The van der Waals surface area contributed by atoms with Crippen molar-refractivity contribution in [3.63, 3.8) is 0 Å². The van der Waals surface area contributed by atoms with Gasteiger partial charge in [0.1, 0.15) is 5.82 Å². The third kappa shape index (κ3) is 4.07. The quantitative estimate of drug-likeness (QED) is 0.854. The summed E-state index contributed by atoms with van der Waals surface area (Å²) in [6.07, 6.45) is 11.7. The fraction of sp³-hybridized carbons (Fsp3) is 0.812. The molecule has 1 aliphatic rings. The van der Waals surface area contributed by atoms with Gasteiger partial charge in [0.05, 0.1) is 0 Å². The summed E-state index contributed by atoms with van der Waals surface area (Å²) in [6, 6.07) is 0.733. The number of nitrogens with zero attached hydrogens (tertiary/aromatic N) is 2. The Hall–Kier alpha value is -0.830. The first-order chi connectivity index (χ1) is 9.20. The standard InChI is InChI=1S/C16H29N3/c1-4-9-17-15-7-5-13(2)12-14(15)6-8-16-18-10-11-19(16)3/h10-11,13-15,17H,4-9,12H2,1-3H3. The third-order valence-corrected chi connectivity index (χ3v) is 4.56. The Morgan fingerprint density at radius 2 is 2.26 bits per heavy atom. The Balaban J connectivity index is 1.88. The van der Waals surface area contributed by atoms with Crippen LogP contribution in [0.2, 0.25) is 0 Å². The normalized spacial score (nSPS) is 27.6. The minimum absolute atomic E-state index is 0.733. The first-order valence-corrected chi connectivity index (χ1v) is 7.90. The highest BCUT2D eigenvalue weighted by Gasteiger charge is 2.27. The van der Waals surface area contributed by atoms with Crippen molar-refractivity contribution < 1.29 is 0 Å². The van der Waals surface area contributed by atoms with Gasteiger partial charge < -0.3 is 9.88 Å². The second kappa shape index (κ2) is 7.09. The zero-order valence-corrected chi connectivity index (χ0v) is 12.7. The van der Waals surface area contributed by atoms with Crippen LogP contribution in [0.3, 0.4) is 0 Å². The molecule has 0 radical (unpaired) electrons. The van der Waals surface area contributed by atoms with Gasteiger partial charge >= 0.3 is 0 Å². The lowest BCUT2D eigenvalue weighted by Crippen LogP contribution is -2.40. The van der Waals surface area contributed by atoms with E-state index in [4.69, 9.17) is 0 Å². The number of hydrogen-bond donors (Lipinski definition) is 1. The summed E-state index contributed by atoms with van der Waals surface area (Å²) in [7, 11) is 2.10. The van der Waals surface area contributed by atoms with Gasteiger partial charge in [-0.15, -0.1) is 0 Å². The van der Waals surface area contributed by atoms with E-state index in [1.807, 2.05) is 12.4 Å². The number of hydrogen-bond acceptors (Lipinski definition) is 2. The van der Waals surface area contributed by atoms with Gasteiger partial charge in [0.15, 0.2) is 0 Å². The van der Waals surface area contributed by atoms with E-state index in [1.54, 1.807) is 0 Å². The third-order valence-electron chi connectivity index (χ3n) is 4.56. The van der Waals surface area contributed by atoms with Crippen LogP contribution >= 0.6 is 0 Å². The second-order valence-electron chi connectivity index (χ2n) is 6.23. The van der Waals surface area contributed by atoms with Gasteiger partial charge in [0.25, 0.3) is 0 Å². The molecule has 1 N–H and O–H groups in total. The molecule has 1 heterocycles. The molecule has 1 saturated carbocycles. The number of rotatable bonds is 6. The Morgan fingerprint density at radius 3 is 2.95 bits per heavy atom. The van der Waals surface area contributed by atoms with Crippen molar-refractivity contribution in [1.82, 2.24) is 14.9 Å². The number of nitrogens with one attached hydrogen (secondary N) is 1. The Labute approximate surface area is 117 Å². The molecule has 0 bridgehead atoms. The molecule has 0 amide bonds. The van der Waals surface area contributed by atoms with Crippen molar-refractivity contribution in [1.29, 1.82) is 0 Å². The predicted octanol–water partition coefficient (Wildman–Crippen LogP) is 3.16. The summed E-state index contributed by atoms with van der Waals surface area (Å²) < 4.78 is 2.15. The van der Waals surface area contributed by atoms with E-state index in [0.717, 1.165) is 30.8 Å². The predicted molar refractivity (Wildman–Crippen MR) is 80.1 cm³/mol. The molecule has 3 nitrogen and oxygen atoms in total. The summed E-state index contributed by atoms with van der Waals surface area (Å²) in [5, 5.41) is 3.76. The van der Waals surface area contributed by atoms with E-state index in [0.29, 0.717) is 0 Å². The van der Waals surface area contributed by atoms with Gasteiger partial charge in [0.2, 0.25) is 0 Å². The summed E-state index contributed by atoms with van der Waals surface area (Å²) in [4.78, 5) is 4.45. The number of aromatic nitrogens is 2. The van der Waals surface area contributed by atoms with Crippen molar-refractivity contribution in [3.05, 3.63) is 18.2 Å². The van der Waals surface area contributed by atoms with Crippen molar-refractivity contribution in [2.24, 2.45) is 18.9 Å². The first kappa shape index (κ1) is 14.6. The fourth-order valence-corrected chi connectivity index (χ4v) is 3.37. The van der Waals surface area contributed by atoms with Crippen LogP contribution in [-0.2, 0) is 13.5 Å². The zero-order chi connectivity index (χ0) is 13.7.